The van der Waals surface area contributed by atoms with Gasteiger partial charge in [0.2, 0.25) is 11.8 Å². The summed E-state index contributed by atoms with van der Waals surface area (Å²) in [6, 6.07) is 13.4. The number of rotatable bonds is 10. The molecule has 0 heterocycles. The molecule has 8 heteroatoms. The van der Waals surface area contributed by atoms with Gasteiger partial charge in [-0.2, -0.15) is 0 Å². The van der Waals surface area contributed by atoms with E-state index in [0.717, 1.165) is 12.0 Å². The highest BCUT2D eigenvalue weighted by atomic mass is 35.5. The molecule has 6 nitrogen and oxygen atoms in total. The highest BCUT2D eigenvalue weighted by molar-refractivity contribution is 6.35. The largest absolute Gasteiger partial charge is 0.385 e. The van der Waals surface area contributed by atoms with E-state index in [9.17, 15) is 9.59 Å². The fourth-order valence-corrected chi connectivity index (χ4v) is 3.42. The van der Waals surface area contributed by atoms with Crippen LogP contribution in [0.4, 0.5) is 5.69 Å². The van der Waals surface area contributed by atoms with Gasteiger partial charge in [-0.25, -0.2) is 0 Å². The van der Waals surface area contributed by atoms with Crippen LogP contribution < -0.4 is 10.6 Å². The molecule has 2 aromatic carbocycles. The Hall–Kier alpha value is -2.12. The van der Waals surface area contributed by atoms with Crippen molar-refractivity contribution in [1.29, 1.82) is 0 Å². The topological polar surface area (TPSA) is 70.7 Å². The van der Waals surface area contributed by atoms with Crippen LogP contribution in [0.2, 0.25) is 10.0 Å². The Kier molecular flexibility index (Phi) is 9.41. The quantitative estimate of drug-likeness (QED) is 0.555. The van der Waals surface area contributed by atoms with Crippen LogP contribution in [0.25, 0.3) is 0 Å². The summed E-state index contributed by atoms with van der Waals surface area (Å²) < 4.78 is 4.97. The normalized spacial score (nSPS) is 11.9. The minimum Gasteiger partial charge on any atom is -0.385 e. The summed E-state index contributed by atoms with van der Waals surface area (Å²) in [6.07, 6.45) is 0.726. The van der Waals surface area contributed by atoms with E-state index in [1.54, 1.807) is 37.3 Å². The first-order valence-electron chi connectivity index (χ1n) is 9.18. The number of methoxy groups -OCH3 is 1. The molecule has 0 spiro atoms. The van der Waals surface area contributed by atoms with Crippen LogP contribution in [-0.4, -0.2) is 50.6 Å². The van der Waals surface area contributed by atoms with Crippen molar-refractivity contribution in [3.63, 3.8) is 0 Å². The molecule has 2 N–H and O–H groups in total. The Balaban J connectivity index is 2.12. The Morgan fingerprint density at radius 2 is 1.76 bits per heavy atom. The third-order valence-electron chi connectivity index (χ3n) is 4.17. The number of ether oxygens (including phenoxy) is 1. The number of halogens is 2. The second-order valence-electron chi connectivity index (χ2n) is 6.57. The van der Waals surface area contributed by atoms with E-state index in [-0.39, 0.29) is 18.4 Å². The van der Waals surface area contributed by atoms with Crippen LogP contribution in [0.3, 0.4) is 0 Å². The molecule has 0 bridgehead atoms. The summed E-state index contributed by atoms with van der Waals surface area (Å²) in [6.45, 7) is 1.16. The molecule has 2 aromatic rings. The van der Waals surface area contributed by atoms with Gasteiger partial charge in [0.15, 0.2) is 0 Å². The van der Waals surface area contributed by atoms with Crippen molar-refractivity contribution in [3.05, 3.63) is 64.1 Å². The zero-order valence-corrected chi connectivity index (χ0v) is 18.0. The van der Waals surface area contributed by atoms with Crippen molar-refractivity contribution in [2.75, 3.05) is 39.2 Å². The zero-order chi connectivity index (χ0) is 21.2. The van der Waals surface area contributed by atoms with Gasteiger partial charge >= 0.3 is 0 Å². The number of hydrogen-bond acceptors (Lipinski definition) is 4. The highest BCUT2D eigenvalue weighted by Crippen LogP contribution is 2.25. The van der Waals surface area contributed by atoms with Gasteiger partial charge in [-0.1, -0.05) is 53.5 Å². The SMILES string of the molecule is COCCCNC(=O)CN(C)[C@@H](C(=O)Nc1cc(Cl)cc(Cl)c1)c1ccccc1. The van der Waals surface area contributed by atoms with Crippen molar-refractivity contribution in [1.82, 2.24) is 10.2 Å². The van der Waals surface area contributed by atoms with Crippen molar-refractivity contribution in [2.45, 2.75) is 12.5 Å². The van der Waals surface area contributed by atoms with Crippen molar-refractivity contribution >= 4 is 40.7 Å². The number of anilines is 1. The Morgan fingerprint density at radius 1 is 1.10 bits per heavy atom. The highest BCUT2D eigenvalue weighted by Gasteiger charge is 2.26. The molecule has 0 unspecified atom stereocenters. The molecule has 0 fully saturated rings. The van der Waals surface area contributed by atoms with Gasteiger partial charge in [0.1, 0.15) is 6.04 Å². The summed E-state index contributed by atoms with van der Waals surface area (Å²) in [5, 5.41) is 6.52. The molecular formula is C21H25Cl2N3O3. The van der Waals surface area contributed by atoms with Crippen LogP contribution in [0.1, 0.15) is 18.0 Å². The average molecular weight is 438 g/mol. The second-order valence-corrected chi connectivity index (χ2v) is 7.44. The number of amides is 2. The molecule has 0 aliphatic carbocycles. The summed E-state index contributed by atoms with van der Waals surface area (Å²) in [4.78, 5) is 27.0. The molecule has 0 radical (unpaired) electrons. The second kappa shape index (κ2) is 11.8. The maximum Gasteiger partial charge on any atom is 0.246 e. The number of carbonyl (C=O) groups is 2. The molecule has 0 aliphatic heterocycles. The van der Waals surface area contributed by atoms with Gasteiger partial charge in [0.05, 0.1) is 6.54 Å². The molecule has 2 rings (SSSR count). The molecule has 0 saturated carbocycles. The maximum atomic E-state index is 13.1. The summed E-state index contributed by atoms with van der Waals surface area (Å²) in [5.41, 5.74) is 1.26. The molecule has 2 amide bonds. The fourth-order valence-electron chi connectivity index (χ4n) is 2.90. The summed E-state index contributed by atoms with van der Waals surface area (Å²) >= 11 is 12.0. The van der Waals surface area contributed by atoms with E-state index >= 15 is 0 Å². The van der Waals surface area contributed by atoms with Gasteiger partial charge in [0, 0.05) is 36.0 Å². The van der Waals surface area contributed by atoms with Gasteiger partial charge in [0.25, 0.3) is 0 Å². The Bertz CT molecular complexity index is 798. The number of nitrogens with zero attached hydrogens (tertiary/aromatic N) is 1. The van der Waals surface area contributed by atoms with Crippen LogP contribution in [0.15, 0.2) is 48.5 Å². The molecule has 1 atom stereocenters. The number of benzene rings is 2. The smallest absolute Gasteiger partial charge is 0.246 e. The zero-order valence-electron chi connectivity index (χ0n) is 16.5. The first-order valence-corrected chi connectivity index (χ1v) is 9.94. The number of likely N-dealkylation sites (N-methyl/N-ethyl adjacent to an activating group) is 1. The minimum absolute atomic E-state index is 0.0657. The number of carbonyl (C=O) groups excluding carboxylic acids is 2. The minimum atomic E-state index is -0.668. The monoisotopic (exact) mass is 437 g/mol. The van der Waals surface area contributed by atoms with Crippen LogP contribution in [0.5, 0.6) is 0 Å². The standard InChI is InChI=1S/C21H25Cl2N3O3/c1-26(14-19(27)24-9-6-10-29-2)20(15-7-4-3-5-8-15)21(28)25-18-12-16(22)11-17(23)13-18/h3-5,7-8,11-13,20H,6,9-10,14H2,1-2H3,(H,24,27)(H,25,28)/t20-/m1/s1. The van der Waals surface area contributed by atoms with Gasteiger partial charge in [-0.3, -0.25) is 14.5 Å². The average Bonchev–Trinajstić information content (AvgIpc) is 2.65. The van der Waals surface area contributed by atoms with Gasteiger partial charge in [-0.05, 0) is 37.2 Å². The number of hydrogen-bond donors (Lipinski definition) is 2. The van der Waals surface area contributed by atoms with Crippen LogP contribution in [0, 0.1) is 0 Å². The molecule has 0 aromatic heterocycles. The summed E-state index contributed by atoms with van der Waals surface area (Å²) in [7, 11) is 3.35. The molecule has 156 valence electrons. The Labute approximate surface area is 181 Å². The van der Waals surface area contributed by atoms with Crippen molar-refractivity contribution < 1.29 is 14.3 Å². The predicted octanol–water partition coefficient (Wildman–Crippen LogP) is 3.76. The third-order valence-corrected chi connectivity index (χ3v) is 4.61. The first-order chi connectivity index (χ1) is 13.9. The lowest BCUT2D eigenvalue weighted by molar-refractivity contribution is -0.125. The van der Waals surface area contributed by atoms with E-state index in [2.05, 4.69) is 10.6 Å². The van der Waals surface area contributed by atoms with Gasteiger partial charge < -0.3 is 15.4 Å². The van der Waals surface area contributed by atoms with E-state index in [4.69, 9.17) is 27.9 Å². The molecule has 29 heavy (non-hydrogen) atoms. The summed E-state index contributed by atoms with van der Waals surface area (Å²) in [5.74, 6) is -0.452. The van der Waals surface area contributed by atoms with E-state index in [1.807, 2.05) is 30.3 Å². The molecular weight excluding hydrogens is 413 g/mol. The van der Waals surface area contributed by atoms with E-state index in [0.29, 0.717) is 28.9 Å². The van der Waals surface area contributed by atoms with Crippen LogP contribution >= 0.6 is 23.2 Å². The van der Waals surface area contributed by atoms with Crippen molar-refractivity contribution in [2.24, 2.45) is 0 Å². The maximum absolute atomic E-state index is 13.1. The lowest BCUT2D eigenvalue weighted by Crippen LogP contribution is -2.41. The van der Waals surface area contributed by atoms with Gasteiger partial charge in [-0.15, -0.1) is 0 Å². The van der Waals surface area contributed by atoms with Crippen LogP contribution in [-0.2, 0) is 14.3 Å². The third kappa shape index (κ3) is 7.66. The predicted molar refractivity (Wildman–Crippen MR) is 116 cm³/mol. The van der Waals surface area contributed by atoms with Crippen molar-refractivity contribution in [3.8, 4) is 0 Å². The number of nitrogens with one attached hydrogen (secondary N) is 2. The first kappa shape index (κ1) is 23.2. The fraction of sp³-hybridized carbons (Fsp3) is 0.333. The van der Waals surface area contributed by atoms with E-state index < -0.39 is 6.04 Å². The molecule has 0 saturated heterocycles. The Morgan fingerprint density at radius 3 is 2.38 bits per heavy atom. The lowest BCUT2D eigenvalue weighted by atomic mass is 10.0. The van der Waals surface area contributed by atoms with E-state index in [1.165, 1.54) is 0 Å². The molecule has 0 aliphatic rings. The lowest BCUT2D eigenvalue weighted by Gasteiger charge is -2.27.